The van der Waals surface area contributed by atoms with Crippen LogP contribution in [0.4, 0.5) is 0 Å². The van der Waals surface area contributed by atoms with Crippen molar-refractivity contribution in [1.82, 2.24) is 4.90 Å². The Labute approximate surface area is 140 Å². The average molecular weight is 317 g/mol. The number of carboxylic acid groups (broad SMARTS) is 1. The van der Waals surface area contributed by atoms with Gasteiger partial charge in [-0.1, -0.05) is 36.8 Å². The summed E-state index contributed by atoms with van der Waals surface area (Å²) in [5, 5.41) is 10.1. The van der Waals surface area contributed by atoms with Crippen molar-refractivity contribution >= 4 is 5.97 Å². The van der Waals surface area contributed by atoms with Crippen LogP contribution in [-0.2, 0) is 10.2 Å². The molecule has 1 aliphatic rings. The summed E-state index contributed by atoms with van der Waals surface area (Å²) in [4.78, 5) is 14.7. The van der Waals surface area contributed by atoms with Crippen LogP contribution in [-0.4, -0.2) is 34.6 Å². The molecule has 2 rings (SSSR count). The molecule has 1 aliphatic carbocycles. The van der Waals surface area contributed by atoms with Crippen molar-refractivity contribution in [2.45, 2.75) is 70.9 Å². The molecule has 0 spiro atoms. The van der Waals surface area contributed by atoms with E-state index in [1.54, 1.807) is 0 Å². The smallest absolute Gasteiger partial charge is 0.314 e. The van der Waals surface area contributed by atoms with E-state index < -0.39 is 11.4 Å². The first-order valence-corrected chi connectivity index (χ1v) is 8.94. The van der Waals surface area contributed by atoms with E-state index in [4.69, 9.17) is 0 Å². The molecule has 1 aromatic rings. The lowest BCUT2D eigenvalue weighted by atomic mass is 9.71. The number of nitrogens with zero attached hydrogens (tertiary/aromatic N) is 1. The van der Waals surface area contributed by atoms with Gasteiger partial charge in [0.05, 0.1) is 5.41 Å². The lowest BCUT2D eigenvalue weighted by Gasteiger charge is -2.36. The maximum absolute atomic E-state index is 12.2. The molecular formula is C20H31NO2. The van der Waals surface area contributed by atoms with Crippen LogP contribution < -0.4 is 0 Å². The number of carbonyl (C=O) groups is 1. The number of aliphatic carboxylic acids is 1. The molecule has 0 radical (unpaired) electrons. The van der Waals surface area contributed by atoms with Crippen LogP contribution in [0.1, 0.15) is 58.9 Å². The third-order valence-electron chi connectivity index (χ3n) is 5.55. The van der Waals surface area contributed by atoms with Gasteiger partial charge in [-0.15, -0.1) is 0 Å². The predicted octanol–water partition coefficient (Wildman–Crippen LogP) is 4.32. The number of benzene rings is 1. The van der Waals surface area contributed by atoms with E-state index in [0.29, 0.717) is 12.1 Å². The lowest BCUT2D eigenvalue weighted by Crippen LogP contribution is -2.43. The van der Waals surface area contributed by atoms with Crippen molar-refractivity contribution in [2.75, 3.05) is 6.54 Å². The van der Waals surface area contributed by atoms with E-state index in [2.05, 4.69) is 32.6 Å². The Kier molecular flexibility index (Phi) is 5.85. The SMILES string of the molecule is CC(C)N(CCC1CCCC1(C(=O)O)c1ccccc1)C(C)C. The number of hydrogen-bond donors (Lipinski definition) is 1. The van der Waals surface area contributed by atoms with Crippen molar-refractivity contribution in [3.05, 3.63) is 35.9 Å². The van der Waals surface area contributed by atoms with E-state index in [1.807, 2.05) is 30.3 Å². The summed E-state index contributed by atoms with van der Waals surface area (Å²) in [5.41, 5.74) is 0.289. The van der Waals surface area contributed by atoms with Crippen molar-refractivity contribution < 1.29 is 9.90 Å². The molecular weight excluding hydrogens is 286 g/mol. The minimum absolute atomic E-state index is 0.224. The van der Waals surface area contributed by atoms with E-state index in [-0.39, 0.29) is 5.92 Å². The molecule has 0 aromatic heterocycles. The molecule has 2 atom stereocenters. The molecule has 1 saturated carbocycles. The molecule has 3 heteroatoms. The highest BCUT2D eigenvalue weighted by molar-refractivity contribution is 5.82. The second-order valence-electron chi connectivity index (χ2n) is 7.45. The van der Waals surface area contributed by atoms with Crippen LogP contribution >= 0.6 is 0 Å². The van der Waals surface area contributed by atoms with Crippen LogP contribution in [0.2, 0.25) is 0 Å². The van der Waals surface area contributed by atoms with Gasteiger partial charge in [0.25, 0.3) is 0 Å². The summed E-state index contributed by atoms with van der Waals surface area (Å²) in [6.07, 6.45) is 3.75. The first kappa shape index (κ1) is 18.0. The van der Waals surface area contributed by atoms with E-state index in [9.17, 15) is 9.90 Å². The molecule has 0 saturated heterocycles. The lowest BCUT2D eigenvalue weighted by molar-refractivity contribution is -0.145. The summed E-state index contributed by atoms with van der Waals surface area (Å²) >= 11 is 0. The fourth-order valence-corrected chi connectivity index (χ4v) is 4.41. The van der Waals surface area contributed by atoms with Gasteiger partial charge in [0.15, 0.2) is 0 Å². The van der Waals surface area contributed by atoms with Crippen molar-refractivity contribution in [3.63, 3.8) is 0 Å². The number of hydrogen-bond acceptors (Lipinski definition) is 2. The zero-order valence-corrected chi connectivity index (χ0v) is 15.0. The first-order chi connectivity index (χ1) is 10.9. The second kappa shape index (κ2) is 7.48. The first-order valence-electron chi connectivity index (χ1n) is 8.94. The maximum atomic E-state index is 12.2. The topological polar surface area (TPSA) is 40.5 Å². The van der Waals surface area contributed by atoms with Gasteiger partial charge in [0, 0.05) is 12.1 Å². The molecule has 1 aromatic carbocycles. The van der Waals surface area contributed by atoms with E-state index >= 15 is 0 Å². The average Bonchev–Trinajstić information content (AvgIpc) is 2.92. The fourth-order valence-electron chi connectivity index (χ4n) is 4.41. The number of rotatable bonds is 7. The Morgan fingerprint density at radius 2 is 1.83 bits per heavy atom. The number of carboxylic acids is 1. The highest BCUT2D eigenvalue weighted by atomic mass is 16.4. The van der Waals surface area contributed by atoms with Crippen LogP contribution in [0.15, 0.2) is 30.3 Å². The molecule has 1 fully saturated rings. The van der Waals surface area contributed by atoms with Gasteiger partial charge in [0.1, 0.15) is 0 Å². The van der Waals surface area contributed by atoms with Crippen LogP contribution in [0, 0.1) is 5.92 Å². The minimum Gasteiger partial charge on any atom is -0.481 e. The quantitative estimate of drug-likeness (QED) is 0.814. The van der Waals surface area contributed by atoms with Gasteiger partial charge < -0.3 is 5.11 Å². The normalized spacial score (nSPS) is 24.7. The van der Waals surface area contributed by atoms with Crippen LogP contribution in [0.5, 0.6) is 0 Å². The summed E-state index contributed by atoms with van der Waals surface area (Å²) in [5.74, 6) is -0.422. The third kappa shape index (κ3) is 3.60. The van der Waals surface area contributed by atoms with Crippen LogP contribution in [0.25, 0.3) is 0 Å². The molecule has 3 nitrogen and oxygen atoms in total. The van der Waals surface area contributed by atoms with Gasteiger partial charge in [0.2, 0.25) is 0 Å². The largest absolute Gasteiger partial charge is 0.481 e. The van der Waals surface area contributed by atoms with Gasteiger partial charge >= 0.3 is 5.97 Å². The Morgan fingerprint density at radius 3 is 2.35 bits per heavy atom. The minimum atomic E-state index is -0.694. The summed E-state index contributed by atoms with van der Waals surface area (Å²) < 4.78 is 0. The molecule has 128 valence electrons. The fraction of sp³-hybridized carbons (Fsp3) is 0.650. The van der Waals surface area contributed by atoms with E-state index in [0.717, 1.165) is 37.8 Å². The van der Waals surface area contributed by atoms with Gasteiger partial charge in [-0.25, -0.2) is 0 Å². The van der Waals surface area contributed by atoms with E-state index in [1.165, 1.54) is 0 Å². The standard InChI is InChI=1S/C20H31NO2/c1-15(2)21(16(3)4)14-12-18-11-8-13-20(18,19(22)23)17-9-6-5-7-10-17/h5-7,9-10,15-16,18H,8,11-14H2,1-4H3,(H,22,23). The highest BCUT2D eigenvalue weighted by Crippen LogP contribution is 2.47. The molecule has 23 heavy (non-hydrogen) atoms. The van der Waals surface area contributed by atoms with Gasteiger partial charge in [-0.3, -0.25) is 9.69 Å². The zero-order chi connectivity index (χ0) is 17.0. The zero-order valence-electron chi connectivity index (χ0n) is 15.0. The van der Waals surface area contributed by atoms with Gasteiger partial charge in [-0.2, -0.15) is 0 Å². The summed E-state index contributed by atoms with van der Waals surface area (Å²) in [6.45, 7) is 9.85. The third-order valence-corrected chi connectivity index (χ3v) is 5.55. The summed E-state index contributed by atoms with van der Waals surface area (Å²) in [6, 6.07) is 10.9. The second-order valence-corrected chi connectivity index (χ2v) is 7.45. The molecule has 2 unspecified atom stereocenters. The maximum Gasteiger partial charge on any atom is 0.314 e. The Hall–Kier alpha value is -1.35. The Morgan fingerprint density at radius 1 is 1.22 bits per heavy atom. The van der Waals surface area contributed by atoms with Crippen LogP contribution in [0.3, 0.4) is 0 Å². The molecule has 1 N–H and O–H groups in total. The monoisotopic (exact) mass is 317 g/mol. The molecule has 0 aliphatic heterocycles. The molecule has 0 amide bonds. The van der Waals surface area contributed by atoms with Crippen molar-refractivity contribution in [2.24, 2.45) is 5.92 Å². The predicted molar refractivity (Wildman–Crippen MR) is 94.7 cm³/mol. The van der Waals surface area contributed by atoms with Gasteiger partial charge in [-0.05, 0) is 65.0 Å². The van der Waals surface area contributed by atoms with Crippen molar-refractivity contribution in [3.8, 4) is 0 Å². The summed E-state index contributed by atoms with van der Waals surface area (Å²) in [7, 11) is 0. The Bertz CT molecular complexity index is 504. The molecule has 0 heterocycles. The Balaban J connectivity index is 2.21. The highest BCUT2D eigenvalue weighted by Gasteiger charge is 2.50. The van der Waals surface area contributed by atoms with Crippen molar-refractivity contribution in [1.29, 1.82) is 0 Å². The molecule has 0 bridgehead atoms.